The molecule has 0 aliphatic rings. The molecule has 2 aromatic rings. The van der Waals surface area contributed by atoms with E-state index in [1.807, 2.05) is 12.1 Å². The third kappa shape index (κ3) is 2.44. The Morgan fingerprint density at radius 1 is 1.19 bits per heavy atom. The smallest absolute Gasteiger partial charge is 0.302 e. The van der Waals surface area contributed by atoms with Crippen LogP contribution in [0.2, 0.25) is 0 Å². The summed E-state index contributed by atoms with van der Waals surface area (Å²) in [6.45, 7) is 0. The van der Waals surface area contributed by atoms with Gasteiger partial charge in [0.1, 0.15) is 0 Å². The molecule has 0 aliphatic heterocycles. The summed E-state index contributed by atoms with van der Waals surface area (Å²) >= 11 is 0. The molecule has 16 heavy (non-hydrogen) atoms. The van der Waals surface area contributed by atoms with E-state index in [9.17, 15) is 9.59 Å². The maximum absolute atomic E-state index is 11.1. The highest BCUT2D eigenvalue weighted by atomic mass is 16.2. The van der Waals surface area contributed by atoms with Crippen LogP contribution in [0.5, 0.6) is 0 Å². The van der Waals surface area contributed by atoms with E-state index < -0.39 is 11.0 Å². The molecule has 2 aromatic heterocycles. The average molecular weight is 217 g/mol. The van der Waals surface area contributed by atoms with Crippen LogP contribution in [0, 0.1) is 0 Å². The van der Waals surface area contributed by atoms with Crippen molar-refractivity contribution in [3.05, 3.63) is 62.4 Å². The molecule has 2 N–H and O–H groups in total. The van der Waals surface area contributed by atoms with Gasteiger partial charge in [-0.1, -0.05) is 6.07 Å². The molecule has 0 unspecified atom stereocenters. The Balaban J connectivity index is 2.08. The van der Waals surface area contributed by atoms with Crippen LogP contribution < -0.4 is 11.0 Å². The normalized spacial score (nSPS) is 10.2. The number of nitrogens with one attached hydrogen (secondary N) is 2. The van der Waals surface area contributed by atoms with E-state index in [1.54, 1.807) is 12.4 Å². The van der Waals surface area contributed by atoms with Crippen LogP contribution in [0.1, 0.15) is 11.3 Å². The lowest BCUT2D eigenvalue weighted by atomic mass is 10.1. The van der Waals surface area contributed by atoms with E-state index in [1.165, 1.54) is 6.07 Å². The Morgan fingerprint density at radius 2 is 2.06 bits per heavy atom. The summed E-state index contributed by atoms with van der Waals surface area (Å²) in [6, 6.07) is 5.16. The van der Waals surface area contributed by atoms with E-state index in [0.717, 1.165) is 12.0 Å². The molecule has 2 heterocycles. The predicted octanol–water partition coefficient (Wildman–Crippen LogP) is 0.243. The Hall–Kier alpha value is -2.17. The summed E-state index contributed by atoms with van der Waals surface area (Å²) in [5, 5.41) is 4.99. The summed E-state index contributed by atoms with van der Waals surface area (Å²) in [5.74, 6) is 0. The van der Waals surface area contributed by atoms with Gasteiger partial charge < -0.3 is 5.10 Å². The number of pyridine rings is 1. The molecule has 0 fully saturated rings. The fraction of sp³-hybridized carbons (Fsp3) is 0.182. The quantitative estimate of drug-likeness (QED) is 0.723. The second kappa shape index (κ2) is 4.57. The minimum Gasteiger partial charge on any atom is -0.302 e. The standard InChI is InChI=1S/C11H11N3O2/c15-10-6-9(13-14-11(10)16)4-3-8-2-1-5-12-7-8/h1-2,5-7H,3-4H2,(H,13,15)(H,14,16). The average Bonchev–Trinajstić information content (AvgIpc) is 2.32. The van der Waals surface area contributed by atoms with Crippen LogP contribution in [-0.4, -0.2) is 15.2 Å². The maximum Gasteiger partial charge on any atom is 0.310 e. The second-order valence-electron chi connectivity index (χ2n) is 3.47. The number of hydrogen-bond acceptors (Lipinski definition) is 3. The summed E-state index contributed by atoms with van der Waals surface area (Å²) in [4.78, 5) is 25.9. The second-order valence-corrected chi connectivity index (χ2v) is 3.47. The molecule has 0 aromatic carbocycles. The van der Waals surface area contributed by atoms with Gasteiger partial charge in [-0.3, -0.25) is 19.7 Å². The zero-order valence-electron chi connectivity index (χ0n) is 8.56. The summed E-state index contributed by atoms with van der Waals surface area (Å²) in [5.41, 5.74) is 0.674. The molecule has 5 nitrogen and oxygen atoms in total. The van der Waals surface area contributed by atoms with Gasteiger partial charge in [0.05, 0.1) is 0 Å². The molecule has 0 amide bonds. The summed E-state index contributed by atoms with van der Waals surface area (Å²) < 4.78 is 0. The highest BCUT2D eigenvalue weighted by Gasteiger charge is 1.99. The number of nitrogens with zero attached hydrogens (tertiary/aromatic N) is 1. The van der Waals surface area contributed by atoms with E-state index in [0.29, 0.717) is 12.1 Å². The number of aryl methyl sites for hydroxylation is 2. The van der Waals surface area contributed by atoms with Gasteiger partial charge in [0.2, 0.25) is 5.43 Å². The van der Waals surface area contributed by atoms with Crippen LogP contribution in [0.25, 0.3) is 0 Å². The Labute approximate surface area is 91.2 Å². The molecule has 0 aliphatic carbocycles. The molecule has 0 saturated carbocycles. The fourth-order valence-corrected chi connectivity index (χ4v) is 1.42. The molecular weight excluding hydrogens is 206 g/mol. The molecule has 2 rings (SSSR count). The van der Waals surface area contributed by atoms with Crippen molar-refractivity contribution in [1.29, 1.82) is 0 Å². The van der Waals surface area contributed by atoms with Crippen molar-refractivity contribution >= 4 is 0 Å². The first-order valence-electron chi connectivity index (χ1n) is 4.95. The van der Waals surface area contributed by atoms with Crippen molar-refractivity contribution in [2.45, 2.75) is 12.8 Å². The Kier molecular flexibility index (Phi) is 2.95. The van der Waals surface area contributed by atoms with Crippen molar-refractivity contribution in [2.75, 3.05) is 0 Å². The van der Waals surface area contributed by atoms with Crippen LogP contribution in [0.4, 0.5) is 0 Å². The monoisotopic (exact) mass is 217 g/mol. The molecule has 0 spiro atoms. The lowest BCUT2D eigenvalue weighted by Crippen LogP contribution is -2.27. The van der Waals surface area contributed by atoms with Gasteiger partial charge in [0.15, 0.2) is 0 Å². The van der Waals surface area contributed by atoms with E-state index in [-0.39, 0.29) is 0 Å². The van der Waals surface area contributed by atoms with Crippen LogP contribution >= 0.6 is 0 Å². The van der Waals surface area contributed by atoms with E-state index in [4.69, 9.17) is 0 Å². The third-order valence-corrected chi connectivity index (χ3v) is 2.27. The first kappa shape index (κ1) is 10.4. The maximum atomic E-state index is 11.1. The minimum absolute atomic E-state index is 0.514. The zero-order valence-corrected chi connectivity index (χ0v) is 8.56. The molecule has 0 saturated heterocycles. The fourth-order valence-electron chi connectivity index (χ4n) is 1.42. The Morgan fingerprint density at radius 3 is 2.75 bits per heavy atom. The third-order valence-electron chi connectivity index (χ3n) is 2.27. The molecular formula is C11H11N3O2. The zero-order chi connectivity index (χ0) is 11.4. The lowest BCUT2D eigenvalue weighted by molar-refractivity contribution is 0.836. The predicted molar refractivity (Wildman–Crippen MR) is 59.3 cm³/mol. The topological polar surface area (TPSA) is 78.6 Å². The van der Waals surface area contributed by atoms with Gasteiger partial charge in [-0.05, 0) is 24.5 Å². The molecule has 82 valence electrons. The van der Waals surface area contributed by atoms with E-state index in [2.05, 4.69) is 15.2 Å². The molecule has 0 atom stereocenters. The largest absolute Gasteiger partial charge is 0.310 e. The molecule has 0 bridgehead atoms. The van der Waals surface area contributed by atoms with Crippen molar-refractivity contribution < 1.29 is 0 Å². The van der Waals surface area contributed by atoms with Gasteiger partial charge in [0.25, 0.3) is 0 Å². The van der Waals surface area contributed by atoms with Gasteiger partial charge in [-0.2, -0.15) is 0 Å². The number of aromatic amines is 2. The van der Waals surface area contributed by atoms with Crippen molar-refractivity contribution in [1.82, 2.24) is 15.2 Å². The van der Waals surface area contributed by atoms with Crippen molar-refractivity contribution in [3.63, 3.8) is 0 Å². The van der Waals surface area contributed by atoms with Gasteiger partial charge >= 0.3 is 5.56 Å². The van der Waals surface area contributed by atoms with Crippen LogP contribution in [-0.2, 0) is 12.8 Å². The highest BCUT2D eigenvalue weighted by Crippen LogP contribution is 2.01. The molecule has 0 radical (unpaired) electrons. The number of rotatable bonds is 3. The van der Waals surface area contributed by atoms with Crippen LogP contribution in [0.15, 0.2) is 40.2 Å². The first-order valence-corrected chi connectivity index (χ1v) is 4.95. The first-order chi connectivity index (χ1) is 7.75. The number of aromatic nitrogens is 3. The van der Waals surface area contributed by atoms with Crippen LogP contribution in [0.3, 0.4) is 0 Å². The van der Waals surface area contributed by atoms with Crippen molar-refractivity contribution in [3.8, 4) is 0 Å². The SMILES string of the molecule is O=c1cc(CCc2cccnc2)[nH][nH]c1=O. The summed E-state index contributed by atoms with van der Waals surface area (Å²) in [6.07, 6.45) is 4.93. The Bertz CT molecular complexity index is 572. The van der Waals surface area contributed by atoms with Crippen molar-refractivity contribution in [2.24, 2.45) is 0 Å². The summed E-state index contributed by atoms with van der Waals surface area (Å²) in [7, 11) is 0. The lowest BCUT2D eigenvalue weighted by Gasteiger charge is -2.00. The van der Waals surface area contributed by atoms with Gasteiger partial charge in [-0.15, -0.1) is 0 Å². The molecule has 5 heteroatoms. The van der Waals surface area contributed by atoms with E-state index >= 15 is 0 Å². The minimum atomic E-state index is -0.620. The number of H-pyrrole nitrogens is 2. The van der Waals surface area contributed by atoms with Gasteiger partial charge in [-0.25, -0.2) is 0 Å². The van der Waals surface area contributed by atoms with Gasteiger partial charge in [0, 0.05) is 24.2 Å². The number of hydrogen-bond donors (Lipinski definition) is 2. The highest BCUT2D eigenvalue weighted by molar-refractivity contribution is 5.11.